The molecule has 4 heteroatoms. The summed E-state index contributed by atoms with van der Waals surface area (Å²) in [5, 5.41) is 19.9. The fourth-order valence-corrected chi connectivity index (χ4v) is 2.44. The van der Waals surface area contributed by atoms with Crippen LogP contribution in [0, 0.1) is 16.7 Å². The summed E-state index contributed by atoms with van der Waals surface area (Å²) in [5.74, 6) is 0.572. The average molecular weight is 252 g/mol. The Labute approximate surface area is 106 Å². The van der Waals surface area contributed by atoms with Crippen molar-refractivity contribution in [3.05, 3.63) is 28.8 Å². The molecule has 2 rings (SSSR count). The SMILES string of the molecule is COc1ccc(C(O)C2(C#N)CCC2)cc1Cl. The Kier molecular flexibility index (Phi) is 3.28. The number of aliphatic hydroxyl groups is 1. The predicted molar refractivity (Wildman–Crippen MR) is 64.9 cm³/mol. The van der Waals surface area contributed by atoms with Gasteiger partial charge in [0.25, 0.3) is 0 Å². The molecule has 1 aliphatic rings. The number of benzene rings is 1. The van der Waals surface area contributed by atoms with E-state index >= 15 is 0 Å². The van der Waals surface area contributed by atoms with Crippen molar-refractivity contribution < 1.29 is 9.84 Å². The van der Waals surface area contributed by atoms with Crippen LogP contribution in [0.4, 0.5) is 0 Å². The highest BCUT2D eigenvalue weighted by atomic mass is 35.5. The normalized spacial score (nSPS) is 18.9. The van der Waals surface area contributed by atoms with Gasteiger partial charge in [0, 0.05) is 0 Å². The molecule has 0 amide bonds. The lowest BCUT2D eigenvalue weighted by molar-refractivity contribution is 0.00793. The van der Waals surface area contributed by atoms with Crippen LogP contribution in [0.25, 0.3) is 0 Å². The molecule has 0 spiro atoms. The maximum Gasteiger partial charge on any atom is 0.137 e. The Bertz CT molecular complexity index is 463. The Hall–Kier alpha value is -1.24. The van der Waals surface area contributed by atoms with E-state index < -0.39 is 11.5 Å². The van der Waals surface area contributed by atoms with Crippen LogP contribution in [0.1, 0.15) is 30.9 Å². The fraction of sp³-hybridized carbons (Fsp3) is 0.462. The molecule has 3 nitrogen and oxygen atoms in total. The molecule has 1 aromatic rings. The van der Waals surface area contributed by atoms with Crippen molar-refractivity contribution in [2.75, 3.05) is 7.11 Å². The molecule has 1 atom stereocenters. The highest BCUT2D eigenvalue weighted by Gasteiger charge is 2.44. The molecule has 0 heterocycles. The zero-order valence-corrected chi connectivity index (χ0v) is 10.4. The fourth-order valence-electron chi connectivity index (χ4n) is 2.18. The molecule has 0 aliphatic heterocycles. The van der Waals surface area contributed by atoms with Gasteiger partial charge in [0.15, 0.2) is 0 Å². The quantitative estimate of drug-likeness (QED) is 0.898. The molecule has 1 fully saturated rings. The maximum absolute atomic E-state index is 10.3. The van der Waals surface area contributed by atoms with Crippen LogP contribution in [-0.2, 0) is 0 Å². The van der Waals surface area contributed by atoms with Gasteiger partial charge in [-0.2, -0.15) is 5.26 Å². The number of nitrogens with zero attached hydrogens (tertiary/aromatic N) is 1. The molecule has 1 aromatic carbocycles. The van der Waals surface area contributed by atoms with Gasteiger partial charge in [0.2, 0.25) is 0 Å². The molecule has 1 N–H and O–H groups in total. The van der Waals surface area contributed by atoms with Gasteiger partial charge in [0.1, 0.15) is 5.75 Å². The summed E-state index contributed by atoms with van der Waals surface area (Å²) in [6, 6.07) is 7.38. The van der Waals surface area contributed by atoms with Crippen molar-refractivity contribution in [1.29, 1.82) is 5.26 Å². The van der Waals surface area contributed by atoms with Crippen LogP contribution in [0.5, 0.6) is 5.75 Å². The van der Waals surface area contributed by atoms with Gasteiger partial charge >= 0.3 is 0 Å². The van der Waals surface area contributed by atoms with Crippen LogP contribution >= 0.6 is 11.6 Å². The van der Waals surface area contributed by atoms with E-state index in [1.807, 2.05) is 0 Å². The lowest BCUT2D eigenvalue weighted by atomic mass is 9.65. The van der Waals surface area contributed by atoms with E-state index in [9.17, 15) is 10.4 Å². The zero-order valence-electron chi connectivity index (χ0n) is 9.61. The minimum absolute atomic E-state index is 0.455. The zero-order chi connectivity index (χ0) is 12.5. The molecule has 1 aliphatic carbocycles. The van der Waals surface area contributed by atoms with E-state index in [-0.39, 0.29) is 0 Å². The standard InChI is InChI=1S/C13H14ClNO2/c1-17-11-4-3-9(7-10(11)14)12(16)13(8-15)5-2-6-13/h3-4,7,12,16H,2,5-6H2,1H3. The van der Waals surface area contributed by atoms with Crippen molar-refractivity contribution in [2.45, 2.75) is 25.4 Å². The Morgan fingerprint density at radius 1 is 1.53 bits per heavy atom. The number of rotatable bonds is 3. The molecule has 17 heavy (non-hydrogen) atoms. The Morgan fingerprint density at radius 2 is 2.24 bits per heavy atom. The third-order valence-corrected chi connectivity index (χ3v) is 3.78. The molecule has 0 aromatic heterocycles. The average Bonchev–Trinajstić information content (AvgIpc) is 2.28. The first-order valence-electron chi connectivity index (χ1n) is 5.56. The molecule has 1 unspecified atom stereocenters. The van der Waals surface area contributed by atoms with E-state index in [0.717, 1.165) is 19.3 Å². The third kappa shape index (κ3) is 1.99. The monoisotopic (exact) mass is 251 g/mol. The highest BCUT2D eigenvalue weighted by molar-refractivity contribution is 6.32. The van der Waals surface area contributed by atoms with Gasteiger partial charge in [-0.15, -0.1) is 0 Å². The summed E-state index contributed by atoms with van der Waals surface area (Å²) in [4.78, 5) is 0. The Balaban J connectivity index is 2.29. The van der Waals surface area contributed by atoms with E-state index in [0.29, 0.717) is 16.3 Å². The second-order valence-corrected chi connectivity index (χ2v) is 4.83. The summed E-state index contributed by atoms with van der Waals surface area (Å²) in [6.07, 6.45) is 1.71. The van der Waals surface area contributed by atoms with Gasteiger partial charge in [-0.1, -0.05) is 24.1 Å². The number of hydrogen-bond donors (Lipinski definition) is 1. The van der Waals surface area contributed by atoms with Crippen LogP contribution < -0.4 is 4.74 Å². The van der Waals surface area contributed by atoms with E-state index in [4.69, 9.17) is 16.3 Å². The van der Waals surface area contributed by atoms with Gasteiger partial charge in [-0.25, -0.2) is 0 Å². The summed E-state index contributed by atoms with van der Waals surface area (Å²) < 4.78 is 5.05. The van der Waals surface area contributed by atoms with Crippen molar-refractivity contribution >= 4 is 11.6 Å². The molecule has 90 valence electrons. The first-order valence-corrected chi connectivity index (χ1v) is 5.93. The van der Waals surface area contributed by atoms with E-state index in [2.05, 4.69) is 6.07 Å². The van der Waals surface area contributed by atoms with Crippen LogP contribution in [0.3, 0.4) is 0 Å². The van der Waals surface area contributed by atoms with Gasteiger partial charge in [0.05, 0.1) is 29.7 Å². The topological polar surface area (TPSA) is 53.2 Å². The smallest absolute Gasteiger partial charge is 0.137 e. The van der Waals surface area contributed by atoms with E-state index in [1.54, 1.807) is 25.3 Å². The Morgan fingerprint density at radius 3 is 2.65 bits per heavy atom. The number of halogens is 1. The molecule has 0 saturated heterocycles. The molecular formula is C13H14ClNO2. The second kappa shape index (κ2) is 4.56. The number of hydrogen-bond acceptors (Lipinski definition) is 3. The van der Waals surface area contributed by atoms with Crippen LogP contribution in [0.15, 0.2) is 18.2 Å². The first kappa shape index (κ1) is 12.2. The lowest BCUT2D eigenvalue weighted by Crippen LogP contribution is -2.34. The van der Waals surface area contributed by atoms with E-state index in [1.165, 1.54) is 0 Å². The molecule has 0 radical (unpaired) electrons. The first-order chi connectivity index (χ1) is 8.13. The van der Waals surface area contributed by atoms with Crippen LogP contribution in [-0.4, -0.2) is 12.2 Å². The van der Waals surface area contributed by atoms with Gasteiger partial charge in [-0.05, 0) is 30.5 Å². The minimum atomic E-state index is -0.773. The number of methoxy groups -OCH3 is 1. The van der Waals surface area contributed by atoms with Crippen molar-refractivity contribution in [2.24, 2.45) is 5.41 Å². The van der Waals surface area contributed by atoms with Crippen molar-refractivity contribution in [3.8, 4) is 11.8 Å². The van der Waals surface area contributed by atoms with Gasteiger partial charge in [-0.3, -0.25) is 0 Å². The summed E-state index contributed by atoms with van der Waals surface area (Å²) in [6.45, 7) is 0. The number of ether oxygens (including phenoxy) is 1. The molecule has 1 saturated carbocycles. The minimum Gasteiger partial charge on any atom is -0.495 e. The largest absolute Gasteiger partial charge is 0.495 e. The van der Waals surface area contributed by atoms with Crippen molar-refractivity contribution in [3.63, 3.8) is 0 Å². The maximum atomic E-state index is 10.3. The van der Waals surface area contributed by atoms with Crippen molar-refractivity contribution in [1.82, 2.24) is 0 Å². The number of aliphatic hydroxyl groups excluding tert-OH is 1. The summed E-state index contributed by atoms with van der Waals surface area (Å²) in [5.41, 5.74) is 0.0508. The third-order valence-electron chi connectivity index (χ3n) is 3.48. The second-order valence-electron chi connectivity index (χ2n) is 4.42. The van der Waals surface area contributed by atoms with Crippen LogP contribution in [0.2, 0.25) is 5.02 Å². The lowest BCUT2D eigenvalue weighted by Gasteiger charge is -2.39. The number of nitriles is 1. The highest BCUT2D eigenvalue weighted by Crippen LogP contribution is 2.50. The van der Waals surface area contributed by atoms with Gasteiger partial charge < -0.3 is 9.84 Å². The summed E-state index contributed by atoms with van der Waals surface area (Å²) >= 11 is 6.01. The molecule has 0 bridgehead atoms. The summed E-state index contributed by atoms with van der Waals surface area (Å²) in [7, 11) is 1.54. The predicted octanol–water partition coefficient (Wildman–Crippen LogP) is 3.08. The molecular weight excluding hydrogens is 238 g/mol.